The summed E-state index contributed by atoms with van der Waals surface area (Å²) >= 11 is 4.46. The van der Waals surface area contributed by atoms with E-state index in [2.05, 4.69) is 15.9 Å². The molecule has 1 aliphatic rings. The van der Waals surface area contributed by atoms with Gasteiger partial charge in [-0.05, 0) is 41.1 Å². The molecule has 0 saturated heterocycles. The number of thiophene rings is 1. The molecule has 0 unspecified atom stereocenters. The van der Waals surface area contributed by atoms with E-state index < -0.39 is 28.6 Å². The maximum Gasteiger partial charge on any atom is 0.308 e. The highest BCUT2D eigenvalue weighted by molar-refractivity contribution is 9.10. The van der Waals surface area contributed by atoms with E-state index >= 15 is 0 Å². The van der Waals surface area contributed by atoms with Crippen molar-refractivity contribution in [2.45, 2.75) is 23.1 Å². The van der Waals surface area contributed by atoms with E-state index in [4.69, 9.17) is 4.74 Å². The summed E-state index contributed by atoms with van der Waals surface area (Å²) in [4.78, 5) is 25.0. The number of hydrogen-bond donors (Lipinski definition) is 0. The molecule has 0 spiro atoms. The molecule has 0 amide bonds. The summed E-state index contributed by atoms with van der Waals surface area (Å²) in [6.07, 6.45) is 0.390. The Morgan fingerprint density at radius 2 is 1.91 bits per heavy atom. The number of carbonyl (C=O) groups is 2. The molecular formula is C23H20BrNO5S2. The first-order chi connectivity index (χ1) is 15.4. The molecule has 32 heavy (non-hydrogen) atoms. The molecule has 1 aromatic heterocycles. The minimum Gasteiger partial charge on any atom is -0.457 e. The second-order valence-corrected chi connectivity index (χ2v) is 11.3. The minimum absolute atomic E-state index is 0.173. The van der Waals surface area contributed by atoms with Gasteiger partial charge in [-0.1, -0.05) is 58.4 Å². The Bertz CT molecular complexity index is 1240. The zero-order chi connectivity index (χ0) is 22.7. The van der Waals surface area contributed by atoms with Crippen molar-refractivity contribution in [3.8, 4) is 0 Å². The van der Waals surface area contributed by atoms with E-state index in [1.807, 2.05) is 24.3 Å². The maximum absolute atomic E-state index is 13.3. The lowest BCUT2D eigenvalue weighted by atomic mass is 9.92. The van der Waals surface area contributed by atoms with Crippen LogP contribution in [-0.2, 0) is 26.0 Å². The summed E-state index contributed by atoms with van der Waals surface area (Å²) in [5, 5.41) is 1.71. The second-order valence-electron chi connectivity index (χ2n) is 7.31. The highest BCUT2D eigenvalue weighted by Gasteiger charge is 2.38. The molecule has 1 atom stereocenters. The fourth-order valence-corrected chi connectivity index (χ4v) is 6.89. The number of halogens is 1. The monoisotopic (exact) mass is 533 g/mol. The quantitative estimate of drug-likeness (QED) is 0.327. The Kier molecular flexibility index (Phi) is 6.90. The molecule has 3 aromatic rings. The van der Waals surface area contributed by atoms with Crippen LogP contribution in [0.1, 0.15) is 33.9 Å². The molecule has 0 saturated carbocycles. The SMILES string of the molecule is O=C(C[C@H]1c2ccccc2CCN1S(=O)(=O)c1cccs1)OCC(=O)c1cccc(Br)c1. The Labute approximate surface area is 199 Å². The standard InChI is InChI=1S/C23H20BrNO5S2/c24-18-7-3-6-17(13-18)21(26)15-30-22(27)14-20-19-8-2-1-5-16(19)10-11-25(20)32(28,29)23-9-4-12-31-23/h1-9,12-13,20H,10-11,14-15H2/t20-/m0/s1. The maximum atomic E-state index is 13.3. The lowest BCUT2D eigenvalue weighted by molar-refractivity contribution is -0.143. The normalized spacial score (nSPS) is 16.3. The smallest absolute Gasteiger partial charge is 0.308 e. The van der Waals surface area contributed by atoms with Gasteiger partial charge in [-0.3, -0.25) is 9.59 Å². The van der Waals surface area contributed by atoms with Crippen molar-refractivity contribution in [1.82, 2.24) is 4.31 Å². The summed E-state index contributed by atoms with van der Waals surface area (Å²) in [6.45, 7) is -0.131. The van der Waals surface area contributed by atoms with E-state index in [-0.39, 0.29) is 23.0 Å². The molecule has 166 valence electrons. The van der Waals surface area contributed by atoms with E-state index in [9.17, 15) is 18.0 Å². The van der Waals surface area contributed by atoms with Gasteiger partial charge in [0.05, 0.1) is 12.5 Å². The van der Waals surface area contributed by atoms with Crippen LogP contribution in [0.15, 0.2) is 74.7 Å². The number of fused-ring (bicyclic) bond motifs is 1. The van der Waals surface area contributed by atoms with Crippen LogP contribution in [0, 0.1) is 0 Å². The van der Waals surface area contributed by atoms with Crippen molar-refractivity contribution >= 4 is 49.0 Å². The van der Waals surface area contributed by atoms with Crippen LogP contribution in [0.4, 0.5) is 0 Å². The average Bonchev–Trinajstić information content (AvgIpc) is 3.33. The van der Waals surface area contributed by atoms with Crippen molar-refractivity contribution in [2.24, 2.45) is 0 Å². The molecule has 0 N–H and O–H groups in total. The van der Waals surface area contributed by atoms with Crippen LogP contribution in [0.3, 0.4) is 0 Å². The van der Waals surface area contributed by atoms with Crippen molar-refractivity contribution in [3.63, 3.8) is 0 Å². The molecule has 2 heterocycles. The van der Waals surface area contributed by atoms with Crippen molar-refractivity contribution in [3.05, 3.63) is 87.2 Å². The average molecular weight is 534 g/mol. The molecule has 4 rings (SSSR count). The fourth-order valence-electron chi connectivity index (χ4n) is 3.76. The number of esters is 1. The van der Waals surface area contributed by atoms with Crippen LogP contribution < -0.4 is 0 Å². The van der Waals surface area contributed by atoms with Gasteiger partial charge < -0.3 is 4.74 Å². The van der Waals surface area contributed by atoms with Gasteiger partial charge in [0.15, 0.2) is 12.4 Å². The van der Waals surface area contributed by atoms with Crippen molar-refractivity contribution in [1.29, 1.82) is 0 Å². The molecular weight excluding hydrogens is 514 g/mol. The zero-order valence-electron chi connectivity index (χ0n) is 16.9. The molecule has 0 fully saturated rings. The van der Waals surface area contributed by atoms with Gasteiger partial charge in [-0.25, -0.2) is 8.42 Å². The molecule has 1 aliphatic heterocycles. The number of rotatable bonds is 7. The lowest BCUT2D eigenvalue weighted by Crippen LogP contribution is -2.41. The Morgan fingerprint density at radius 1 is 1.09 bits per heavy atom. The highest BCUT2D eigenvalue weighted by Crippen LogP contribution is 2.37. The number of benzene rings is 2. The molecule has 0 radical (unpaired) electrons. The van der Waals surface area contributed by atoms with Gasteiger partial charge in [0.25, 0.3) is 10.0 Å². The third-order valence-corrected chi connectivity index (χ3v) is 9.07. The predicted molar refractivity (Wildman–Crippen MR) is 125 cm³/mol. The number of sulfonamides is 1. The first-order valence-electron chi connectivity index (χ1n) is 9.94. The summed E-state index contributed by atoms with van der Waals surface area (Å²) in [6, 6.07) is 16.9. The van der Waals surface area contributed by atoms with Gasteiger partial charge in [-0.15, -0.1) is 11.3 Å². The third kappa shape index (κ3) is 4.85. The number of Topliss-reactive ketones (excluding diaryl/α,β-unsaturated/α-hetero) is 1. The molecule has 0 aliphatic carbocycles. The molecule has 2 aromatic carbocycles. The summed E-state index contributed by atoms with van der Waals surface area (Å²) in [5.74, 6) is -0.951. The summed E-state index contributed by atoms with van der Waals surface area (Å²) < 4.78 is 34.1. The van der Waals surface area contributed by atoms with E-state index in [0.29, 0.717) is 12.0 Å². The van der Waals surface area contributed by atoms with Gasteiger partial charge in [0.1, 0.15) is 4.21 Å². The zero-order valence-corrected chi connectivity index (χ0v) is 20.2. The topological polar surface area (TPSA) is 80.8 Å². The van der Waals surface area contributed by atoms with Crippen LogP contribution >= 0.6 is 27.3 Å². The Morgan fingerprint density at radius 3 is 2.66 bits per heavy atom. The lowest BCUT2D eigenvalue weighted by Gasteiger charge is -2.35. The number of hydrogen-bond acceptors (Lipinski definition) is 6. The number of ether oxygens (including phenoxy) is 1. The third-order valence-electron chi connectivity index (χ3n) is 5.29. The van der Waals surface area contributed by atoms with Crippen LogP contribution in [0.2, 0.25) is 0 Å². The fraction of sp³-hybridized carbons (Fsp3) is 0.217. The number of nitrogens with zero attached hydrogens (tertiary/aromatic N) is 1. The van der Waals surface area contributed by atoms with E-state index in [0.717, 1.165) is 26.9 Å². The Hall–Kier alpha value is -2.33. The molecule has 9 heteroatoms. The number of carbonyl (C=O) groups excluding carboxylic acids is 2. The first-order valence-corrected chi connectivity index (χ1v) is 13.0. The van der Waals surface area contributed by atoms with Crippen molar-refractivity contribution in [2.75, 3.05) is 13.2 Å². The minimum atomic E-state index is -3.76. The Balaban J connectivity index is 1.53. The van der Waals surface area contributed by atoms with Crippen molar-refractivity contribution < 1.29 is 22.7 Å². The van der Waals surface area contributed by atoms with Crippen LogP contribution in [-0.4, -0.2) is 37.6 Å². The highest BCUT2D eigenvalue weighted by atomic mass is 79.9. The van der Waals surface area contributed by atoms with Crippen LogP contribution in [0.25, 0.3) is 0 Å². The number of ketones is 1. The van der Waals surface area contributed by atoms with E-state index in [1.54, 1.807) is 41.8 Å². The summed E-state index contributed by atoms with van der Waals surface area (Å²) in [5.41, 5.74) is 2.22. The van der Waals surface area contributed by atoms with Crippen LogP contribution in [0.5, 0.6) is 0 Å². The largest absolute Gasteiger partial charge is 0.457 e. The van der Waals surface area contributed by atoms with Gasteiger partial charge in [0, 0.05) is 16.6 Å². The molecule has 0 bridgehead atoms. The van der Waals surface area contributed by atoms with Gasteiger partial charge in [-0.2, -0.15) is 4.31 Å². The first kappa shape index (κ1) is 22.8. The summed E-state index contributed by atoms with van der Waals surface area (Å²) in [7, 11) is -3.76. The van der Waals surface area contributed by atoms with Gasteiger partial charge >= 0.3 is 5.97 Å². The van der Waals surface area contributed by atoms with E-state index in [1.165, 1.54) is 4.31 Å². The van der Waals surface area contributed by atoms with Gasteiger partial charge in [0.2, 0.25) is 0 Å². The molecule has 6 nitrogen and oxygen atoms in total. The second kappa shape index (κ2) is 9.66. The predicted octanol–water partition coefficient (Wildman–Crippen LogP) is 4.61.